The van der Waals surface area contributed by atoms with Crippen LogP contribution >= 0.6 is 23.2 Å². The van der Waals surface area contributed by atoms with Crippen LogP contribution in [0.15, 0.2) is 108 Å². The van der Waals surface area contributed by atoms with E-state index < -0.39 is 34.4 Å². The highest BCUT2D eigenvalue weighted by molar-refractivity contribution is 7.92. The Bertz CT molecular complexity index is 1650. The summed E-state index contributed by atoms with van der Waals surface area (Å²) in [6.07, 6.45) is 0.200. The predicted molar refractivity (Wildman–Crippen MR) is 169 cm³/mol. The van der Waals surface area contributed by atoms with Crippen molar-refractivity contribution in [3.63, 3.8) is 0 Å². The Morgan fingerprint density at radius 2 is 1.44 bits per heavy atom. The summed E-state index contributed by atoms with van der Waals surface area (Å²) in [5.41, 5.74) is 1.62. The maximum Gasteiger partial charge on any atom is 0.264 e. The first kappa shape index (κ1) is 31.9. The quantitative estimate of drug-likeness (QED) is 0.218. The van der Waals surface area contributed by atoms with Crippen molar-refractivity contribution in [1.82, 2.24) is 10.2 Å². The van der Waals surface area contributed by atoms with Gasteiger partial charge in [-0.05, 0) is 53.6 Å². The third kappa shape index (κ3) is 7.87. The second-order valence-corrected chi connectivity index (χ2v) is 12.3. The minimum Gasteiger partial charge on any atom is -0.495 e. The van der Waals surface area contributed by atoms with Crippen LogP contribution in [-0.4, -0.2) is 51.9 Å². The van der Waals surface area contributed by atoms with Crippen LogP contribution in [0.25, 0.3) is 0 Å². The Kier molecular flexibility index (Phi) is 10.7. The van der Waals surface area contributed by atoms with Gasteiger partial charge in [0.25, 0.3) is 10.0 Å². The molecule has 0 bridgehead atoms. The lowest BCUT2D eigenvalue weighted by Crippen LogP contribution is -2.53. The lowest BCUT2D eigenvalue weighted by Gasteiger charge is -2.34. The van der Waals surface area contributed by atoms with Gasteiger partial charge in [0.05, 0.1) is 17.7 Å². The van der Waals surface area contributed by atoms with Crippen molar-refractivity contribution >= 4 is 50.7 Å². The maximum absolute atomic E-state index is 14.4. The number of hydrogen-bond acceptors (Lipinski definition) is 5. The summed E-state index contributed by atoms with van der Waals surface area (Å²) >= 11 is 12.4. The SMILES string of the molecule is CNC(=O)[C@@H](Cc1ccccc1)N(Cc1ccc(Cl)cc1)C(=O)CN(c1cc(Cl)ccc1OC)S(=O)(=O)c1ccccc1. The molecule has 2 amide bonds. The molecule has 0 unspecified atom stereocenters. The molecule has 1 N–H and O–H groups in total. The molecule has 4 rings (SSSR count). The number of nitrogens with one attached hydrogen (secondary N) is 1. The molecule has 11 heteroatoms. The predicted octanol–water partition coefficient (Wildman–Crippen LogP) is 5.58. The van der Waals surface area contributed by atoms with E-state index in [1.807, 2.05) is 30.3 Å². The Morgan fingerprint density at radius 1 is 0.837 bits per heavy atom. The summed E-state index contributed by atoms with van der Waals surface area (Å²) in [5.74, 6) is -0.807. The molecule has 0 aliphatic carbocycles. The van der Waals surface area contributed by atoms with Crippen LogP contribution in [0.5, 0.6) is 5.75 Å². The van der Waals surface area contributed by atoms with E-state index in [0.717, 1.165) is 9.87 Å². The van der Waals surface area contributed by atoms with Crippen molar-refractivity contribution in [2.75, 3.05) is 25.0 Å². The molecule has 0 saturated heterocycles. The molecule has 4 aromatic carbocycles. The molecule has 1 atom stereocenters. The number of carbonyl (C=O) groups excluding carboxylic acids is 2. The molecule has 0 fully saturated rings. The molecular weight excluding hydrogens is 609 g/mol. The van der Waals surface area contributed by atoms with Crippen LogP contribution in [0, 0.1) is 0 Å². The Morgan fingerprint density at radius 3 is 2.05 bits per heavy atom. The van der Waals surface area contributed by atoms with E-state index in [1.54, 1.807) is 48.5 Å². The van der Waals surface area contributed by atoms with E-state index in [-0.39, 0.29) is 34.3 Å². The fraction of sp³-hybridized carbons (Fsp3) is 0.188. The van der Waals surface area contributed by atoms with Gasteiger partial charge in [-0.1, -0.05) is 83.9 Å². The Labute approximate surface area is 261 Å². The number of sulfonamides is 1. The Balaban J connectivity index is 1.82. The van der Waals surface area contributed by atoms with Crippen molar-refractivity contribution in [1.29, 1.82) is 0 Å². The summed E-state index contributed by atoms with van der Waals surface area (Å²) in [6, 6.07) is 27.5. The zero-order valence-electron chi connectivity index (χ0n) is 23.6. The van der Waals surface area contributed by atoms with Crippen molar-refractivity contribution < 1.29 is 22.7 Å². The number of nitrogens with zero attached hydrogens (tertiary/aromatic N) is 2. The Hall–Kier alpha value is -4.05. The van der Waals surface area contributed by atoms with Crippen LogP contribution < -0.4 is 14.4 Å². The van der Waals surface area contributed by atoms with Crippen molar-refractivity contribution in [2.45, 2.75) is 23.9 Å². The van der Waals surface area contributed by atoms with Gasteiger partial charge in [0.2, 0.25) is 11.8 Å². The first-order valence-electron chi connectivity index (χ1n) is 13.3. The second-order valence-electron chi connectivity index (χ2n) is 9.61. The van der Waals surface area contributed by atoms with Gasteiger partial charge in [-0.25, -0.2) is 8.42 Å². The van der Waals surface area contributed by atoms with E-state index in [1.165, 1.54) is 43.3 Å². The number of methoxy groups -OCH3 is 1. The molecule has 0 radical (unpaired) electrons. The van der Waals surface area contributed by atoms with Gasteiger partial charge < -0.3 is 15.0 Å². The molecule has 0 heterocycles. The fourth-order valence-electron chi connectivity index (χ4n) is 4.60. The number of amides is 2. The van der Waals surface area contributed by atoms with Gasteiger partial charge in [-0.2, -0.15) is 0 Å². The molecule has 4 aromatic rings. The van der Waals surface area contributed by atoms with Crippen molar-refractivity contribution in [3.05, 3.63) is 124 Å². The van der Waals surface area contributed by atoms with Crippen LogP contribution in [0.1, 0.15) is 11.1 Å². The zero-order chi connectivity index (χ0) is 31.0. The molecular formula is C32H31Cl2N3O5S. The van der Waals surface area contributed by atoms with E-state index in [9.17, 15) is 18.0 Å². The van der Waals surface area contributed by atoms with Gasteiger partial charge in [0.15, 0.2) is 0 Å². The molecule has 8 nitrogen and oxygen atoms in total. The van der Waals surface area contributed by atoms with Crippen LogP contribution in [0.4, 0.5) is 5.69 Å². The van der Waals surface area contributed by atoms with Crippen molar-refractivity contribution in [3.8, 4) is 5.75 Å². The smallest absolute Gasteiger partial charge is 0.264 e. The van der Waals surface area contributed by atoms with E-state index in [0.29, 0.717) is 10.6 Å². The molecule has 0 aromatic heterocycles. The topological polar surface area (TPSA) is 96.0 Å². The second kappa shape index (κ2) is 14.4. The first-order valence-corrected chi connectivity index (χ1v) is 15.5. The standard InChI is InChI=1S/C32H31Cl2N3O5S/c1-35-32(39)29(19-23-9-5-3-6-10-23)36(21-24-13-15-25(33)16-14-24)31(38)22-37(28-20-26(34)17-18-30(28)42-2)43(40,41)27-11-7-4-8-12-27/h3-18,20,29H,19,21-22H2,1-2H3,(H,35,39)/t29-/m1/s1. The third-order valence-corrected chi connectivity index (χ3v) is 9.06. The summed E-state index contributed by atoms with van der Waals surface area (Å²) in [6.45, 7) is -0.614. The normalized spacial score (nSPS) is 11.8. The molecule has 43 heavy (non-hydrogen) atoms. The third-order valence-electron chi connectivity index (χ3n) is 6.80. The largest absolute Gasteiger partial charge is 0.495 e. The summed E-state index contributed by atoms with van der Waals surface area (Å²) in [5, 5.41) is 3.43. The molecule has 0 saturated carbocycles. The minimum absolute atomic E-state index is 0.0207. The number of hydrogen-bond donors (Lipinski definition) is 1. The van der Waals surface area contributed by atoms with E-state index in [2.05, 4.69) is 5.32 Å². The average molecular weight is 641 g/mol. The zero-order valence-corrected chi connectivity index (χ0v) is 25.9. The van der Waals surface area contributed by atoms with E-state index >= 15 is 0 Å². The lowest BCUT2D eigenvalue weighted by atomic mass is 10.0. The monoisotopic (exact) mass is 639 g/mol. The molecule has 224 valence electrons. The first-order chi connectivity index (χ1) is 20.6. The van der Waals surface area contributed by atoms with Gasteiger partial charge in [0.1, 0.15) is 18.3 Å². The number of ether oxygens (including phenoxy) is 1. The molecule has 0 aliphatic heterocycles. The molecule has 0 spiro atoms. The summed E-state index contributed by atoms with van der Waals surface area (Å²) in [4.78, 5) is 29.0. The highest BCUT2D eigenvalue weighted by Gasteiger charge is 2.35. The van der Waals surface area contributed by atoms with Crippen LogP contribution in [0.2, 0.25) is 10.0 Å². The number of benzene rings is 4. The molecule has 0 aliphatic rings. The van der Waals surface area contributed by atoms with Gasteiger partial charge in [-0.3, -0.25) is 13.9 Å². The number of rotatable bonds is 12. The summed E-state index contributed by atoms with van der Waals surface area (Å²) < 4.78 is 34.6. The maximum atomic E-state index is 14.4. The fourth-order valence-corrected chi connectivity index (χ4v) is 6.33. The number of anilines is 1. The highest BCUT2D eigenvalue weighted by Crippen LogP contribution is 2.35. The van der Waals surface area contributed by atoms with Gasteiger partial charge in [0, 0.05) is 30.1 Å². The van der Waals surface area contributed by atoms with Crippen LogP contribution in [-0.2, 0) is 32.6 Å². The summed E-state index contributed by atoms with van der Waals surface area (Å²) in [7, 11) is -1.40. The van der Waals surface area contributed by atoms with Gasteiger partial charge >= 0.3 is 0 Å². The number of carbonyl (C=O) groups is 2. The highest BCUT2D eigenvalue weighted by atomic mass is 35.5. The van der Waals surface area contributed by atoms with Crippen LogP contribution in [0.3, 0.4) is 0 Å². The van der Waals surface area contributed by atoms with Crippen molar-refractivity contribution in [2.24, 2.45) is 0 Å². The average Bonchev–Trinajstić information content (AvgIpc) is 3.02. The number of likely N-dealkylation sites (N-methyl/N-ethyl adjacent to an activating group) is 1. The number of halogens is 2. The van der Waals surface area contributed by atoms with Gasteiger partial charge in [-0.15, -0.1) is 0 Å². The van der Waals surface area contributed by atoms with E-state index in [4.69, 9.17) is 27.9 Å². The lowest BCUT2D eigenvalue weighted by molar-refractivity contribution is -0.139. The minimum atomic E-state index is -4.29.